The van der Waals surface area contributed by atoms with Gasteiger partial charge in [-0.15, -0.1) is 0 Å². The normalized spacial score (nSPS) is 20.0. The number of nitrogens with one attached hydrogen (secondary N) is 1. The van der Waals surface area contributed by atoms with Gasteiger partial charge in [-0.2, -0.15) is 0 Å². The number of nitrogens with zero attached hydrogens (tertiary/aromatic N) is 1. The summed E-state index contributed by atoms with van der Waals surface area (Å²) in [5.41, 5.74) is 0.989. The number of amides is 2. The van der Waals surface area contributed by atoms with Gasteiger partial charge in [-0.05, 0) is 42.8 Å². The zero-order chi connectivity index (χ0) is 21.4. The maximum Gasteiger partial charge on any atom is 0.344 e. The maximum absolute atomic E-state index is 13.1. The van der Waals surface area contributed by atoms with E-state index < -0.39 is 30.0 Å². The molecule has 2 aromatic rings. The first-order valence-electron chi connectivity index (χ1n) is 9.28. The number of carbonyl (C=O) groups excluding carboxylic acids is 3. The van der Waals surface area contributed by atoms with Crippen molar-refractivity contribution in [1.29, 1.82) is 0 Å². The van der Waals surface area contributed by atoms with Gasteiger partial charge in [-0.1, -0.05) is 0 Å². The first-order valence-corrected chi connectivity index (χ1v) is 9.28. The van der Waals surface area contributed by atoms with E-state index in [4.69, 9.17) is 14.2 Å². The Labute approximate surface area is 171 Å². The Morgan fingerprint density at radius 2 is 1.87 bits per heavy atom. The number of anilines is 1. The number of methoxy groups -OCH3 is 2. The van der Waals surface area contributed by atoms with Crippen LogP contribution in [0.2, 0.25) is 0 Å². The molecule has 8 nitrogen and oxygen atoms in total. The first-order chi connectivity index (χ1) is 14.4. The van der Waals surface area contributed by atoms with Crippen molar-refractivity contribution in [2.24, 2.45) is 0 Å². The lowest BCUT2D eigenvalue weighted by Crippen LogP contribution is -2.43. The minimum Gasteiger partial charge on any atom is -0.493 e. The molecule has 30 heavy (non-hydrogen) atoms. The minimum atomic E-state index is -1.05. The van der Waals surface area contributed by atoms with Crippen molar-refractivity contribution < 1.29 is 33.0 Å². The van der Waals surface area contributed by atoms with E-state index in [-0.39, 0.29) is 30.1 Å². The number of carbonyl (C=O) groups is 3. The Morgan fingerprint density at radius 1 is 1.13 bits per heavy atom. The molecule has 0 radical (unpaired) electrons. The molecule has 0 bridgehead atoms. The van der Waals surface area contributed by atoms with Crippen LogP contribution in [0, 0.1) is 5.82 Å². The minimum absolute atomic E-state index is 0.137. The molecule has 1 saturated heterocycles. The zero-order valence-corrected chi connectivity index (χ0v) is 16.3. The molecule has 2 atom stereocenters. The van der Waals surface area contributed by atoms with Crippen LogP contribution in [-0.2, 0) is 14.3 Å². The molecule has 1 fully saturated rings. The van der Waals surface area contributed by atoms with E-state index in [9.17, 15) is 18.8 Å². The Kier molecular flexibility index (Phi) is 5.03. The number of ether oxygens (including phenoxy) is 3. The summed E-state index contributed by atoms with van der Waals surface area (Å²) in [7, 11) is 2.85. The Bertz CT molecular complexity index is 1020. The van der Waals surface area contributed by atoms with Crippen molar-refractivity contribution in [3.05, 3.63) is 53.3 Å². The van der Waals surface area contributed by atoms with E-state index in [1.54, 1.807) is 12.1 Å². The number of esters is 1. The van der Waals surface area contributed by atoms with Crippen LogP contribution in [0.4, 0.5) is 10.1 Å². The summed E-state index contributed by atoms with van der Waals surface area (Å²) in [5.74, 6) is -1.28. The SMILES string of the molecule is COc1ccc2c(c1OC)C(=O)O[C@H]2N1C(=O)CC[C@H]1C(=O)Nc1ccc(F)cc1. The standard InChI is InChI=1S/C21H19FN2O6/c1-28-15-9-7-13-17(18(15)29-2)21(27)30-20(13)24-14(8-10-16(24)25)19(26)23-12-5-3-11(22)4-6-12/h3-7,9,14,20H,8,10H2,1-2H3,(H,23,26)/t14-,20+/m0/s1. The molecule has 2 aliphatic heterocycles. The van der Waals surface area contributed by atoms with Crippen molar-refractivity contribution in [2.45, 2.75) is 25.1 Å². The fraction of sp³-hybridized carbons (Fsp3) is 0.286. The van der Waals surface area contributed by atoms with E-state index in [1.165, 1.54) is 43.4 Å². The van der Waals surface area contributed by atoms with Crippen LogP contribution in [0.3, 0.4) is 0 Å². The zero-order valence-electron chi connectivity index (χ0n) is 16.3. The molecule has 0 aromatic heterocycles. The summed E-state index contributed by atoms with van der Waals surface area (Å²) >= 11 is 0. The topological polar surface area (TPSA) is 94.2 Å². The molecule has 9 heteroatoms. The molecular formula is C21H19FN2O6. The Balaban J connectivity index is 1.64. The number of fused-ring (bicyclic) bond motifs is 1. The summed E-state index contributed by atoms with van der Waals surface area (Å²) in [6.07, 6.45) is -0.646. The van der Waals surface area contributed by atoms with Crippen molar-refractivity contribution in [3.8, 4) is 11.5 Å². The monoisotopic (exact) mass is 414 g/mol. The molecule has 2 aromatic carbocycles. The van der Waals surface area contributed by atoms with Gasteiger partial charge < -0.3 is 19.5 Å². The Morgan fingerprint density at radius 3 is 2.53 bits per heavy atom. The predicted molar refractivity (Wildman–Crippen MR) is 103 cm³/mol. The van der Waals surface area contributed by atoms with Crippen LogP contribution in [0.1, 0.15) is 35.0 Å². The highest BCUT2D eigenvalue weighted by molar-refractivity contribution is 6.01. The fourth-order valence-electron chi connectivity index (χ4n) is 3.80. The van der Waals surface area contributed by atoms with Crippen LogP contribution < -0.4 is 14.8 Å². The highest BCUT2D eigenvalue weighted by atomic mass is 19.1. The van der Waals surface area contributed by atoms with Crippen LogP contribution in [0.25, 0.3) is 0 Å². The van der Waals surface area contributed by atoms with E-state index in [0.717, 1.165) is 0 Å². The number of benzene rings is 2. The molecule has 2 aliphatic rings. The lowest BCUT2D eigenvalue weighted by atomic mass is 10.1. The molecule has 4 rings (SSSR count). The molecule has 1 N–H and O–H groups in total. The number of hydrogen-bond donors (Lipinski definition) is 1. The Hall–Kier alpha value is -3.62. The predicted octanol–water partition coefficient (Wildman–Crippen LogP) is 2.64. The van der Waals surface area contributed by atoms with Gasteiger partial charge in [0.2, 0.25) is 18.0 Å². The third kappa shape index (κ3) is 3.22. The average molecular weight is 414 g/mol. The van der Waals surface area contributed by atoms with Gasteiger partial charge in [0.15, 0.2) is 11.5 Å². The number of likely N-dealkylation sites (tertiary alicyclic amines) is 1. The summed E-state index contributed by atoms with van der Waals surface area (Å²) in [6.45, 7) is 0. The van der Waals surface area contributed by atoms with Gasteiger partial charge in [0.25, 0.3) is 0 Å². The molecule has 0 saturated carbocycles. The quantitative estimate of drug-likeness (QED) is 0.756. The molecular weight excluding hydrogens is 395 g/mol. The summed E-state index contributed by atoms with van der Waals surface area (Å²) in [4.78, 5) is 39.3. The van der Waals surface area contributed by atoms with Crippen LogP contribution in [0.15, 0.2) is 36.4 Å². The molecule has 0 unspecified atom stereocenters. The average Bonchev–Trinajstić information content (AvgIpc) is 3.28. The van der Waals surface area contributed by atoms with Gasteiger partial charge in [-0.3, -0.25) is 14.5 Å². The maximum atomic E-state index is 13.1. The second kappa shape index (κ2) is 7.66. The second-order valence-electron chi connectivity index (χ2n) is 6.87. The van der Waals surface area contributed by atoms with Gasteiger partial charge in [-0.25, -0.2) is 9.18 Å². The highest BCUT2D eigenvalue weighted by Crippen LogP contribution is 2.45. The summed E-state index contributed by atoms with van der Waals surface area (Å²) < 4.78 is 29.1. The second-order valence-corrected chi connectivity index (χ2v) is 6.87. The summed E-state index contributed by atoms with van der Waals surface area (Å²) in [5, 5.41) is 2.68. The van der Waals surface area contributed by atoms with Gasteiger partial charge >= 0.3 is 5.97 Å². The van der Waals surface area contributed by atoms with Crippen LogP contribution >= 0.6 is 0 Å². The highest BCUT2D eigenvalue weighted by Gasteiger charge is 2.47. The van der Waals surface area contributed by atoms with Gasteiger partial charge in [0.1, 0.15) is 17.4 Å². The van der Waals surface area contributed by atoms with Crippen molar-refractivity contribution in [2.75, 3.05) is 19.5 Å². The lowest BCUT2D eigenvalue weighted by molar-refractivity contribution is -0.144. The number of hydrogen-bond acceptors (Lipinski definition) is 6. The number of halogens is 1. The molecule has 0 aliphatic carbocycles. The van der Waals surface area contributed by atoms with Crippen molar-refractivity contribution in [3.63, 3.8) is 0 Å². The van der Waals surface area contributed by atoms with E-state index in [0.29, 0.717) is 17.0 Å². The largest absolute Gasteiger partial charge is 0.493 e. The van der Waals surface area contributed by atoms with E-state index in [2.05, 4.69) is 5.32 Å². The number of cyclic esters (lactones) is 1. The van der Waals surface area contributed by atoms with Crippen LogP contribution in [0.5, 0.6) is 11.5 Å². The third-order valence-electron chi connectivity index (χ3n) is 5.19. The summed E-state index contributed by atoms with van der Waals surface area (Å²) in [6, 6.07) is 7.68. The smallest absolute Gasteiger partial charge is 0.344 e. The fourth-order valence-corrected chi connectivity index (χ4v) is 3.80. The van der Waals surface area contributed by atoms with E-state index in [1.807, 2.05) is 0 Å². The van der Waals surface area contributed by atoms with Gasteiger partial charge in [0, 0.05) is 17.7 Å². The molecule has 156 valence electrons. The van der Waals surface area contributed by atoms with Crippen LogP contribution in [-0.4, -0.2) is 42.9 Å². The first kappa shape index (κ1) is 19.7. The number of rotatable bonds is 5. The van der Waals surface area contributed by atoms with Gasteiger partial charge in [0.05, 0.1) is 14.2 Å². The third-order valence-corrected chi connectivity index (χ3v) is 5.19. The van der Waals surface area contributed by atoms with E-state index >= 15 is 0 Å². The lowest BCUT2D eigenvalue weighted by Gasteiger charge is -2.29. The van der Waals surface area contributed by atoms with Crippen molar-refractivity contribution >= 4 is 23.5 Å². The molecule has 0 spiro atoms. The molecule has 2 amide bonds. The molecule has 2 heterocycles. The van der Waals surface area contributed by atoms with Crippen molar-refractivity contribution in [1.82, 2.24) is 4.90 Å².